The van der Waals surface area contributed by atoms with Crippen LogP contribution in [0.4, 0.5) is 4.39 Å². The monoisotopic (exact) mass is 356 g/mol. The van der Waals surface area contributed by atoms with E-state index in [2.05, 4.69) is 19.9 Å². The van der Waals surface area contributed by atoms with Crippen LogP contribution in [0.2, 0.25) is 5.02 Å². The third-order valence-electron chi connectivity index (χ3n) is 4.34. The largest absolute Gasteiger partial charge is 0.492 e. The highest BCUT2D eigenvalue weighted by Gasteiger charge is 2.42. The molecule has 25 heavy (non-hydrogen) atoms. The summed E-state index contributed by atoms with van der Waals surface area (Å²) in [6.45, 7) is 0. The van der Waals surface area contributed by atoms with E-state index in [9.17, 15) is 4.39 Å². The molecule has 126 valence electrons. The first kappa shape index (κ1) is 15.9. The van der Waals surface area contributed by atoms with Crippen LogP contribution in [-0.4, -0.2) is 27.0 Å². The average molecular weight is 357 g/mol. The average Bonchev–Trinajstić information content (AvgIpc) is 3.44. The highest BCUT2D eigenvalue weighted by Crippen LogP contribution is 2.56. The Kier molecular flexibility index (Phi) is 4.05. The van der Waals surface area contributed by atoms with Crippen LogP contribution in [0.1, 0.15) is 29.4 Å². The lowest BCUT2D eigenvalue weighted by Gasteiger charge is -2.09. The molecular weight excluding hydrogens is 343 g/mol. The molecular formula is C18H14ClFN4O. The molecule has 0 spiro atoms. The van der Waals surface area contributed by atoms with E-state index in [-0.39, 0.29) is 22.6 Å². The molecule has 1 aliphatic rings. The van der Waals surface area contributed by atoms with Crippen LogP contribution in [0, 0.1) is 5.82 Å². The van der Waals surface area contributed by atoms with Crippen LogP contribution in [-0.2, 0) is 0 Å². The molecule has 4 rings (SSSR count). The number of benzene rings is 1. The Labute approximate surface area is 148 Å². The molecule has 0 amide bonds. The van der Waals surface area contributed by atoms with E-state index >= 15 is 0 Å². The van der Waals surface area contributed by atoms with Gasteiger partial charge in [-0.15, -0.1) is 0 Å². The van der Waals surface area contributed by atoms with Crippen molar-refractivity contribution in [2.45, 2.75) is 18.3 Å². The Morgan fingerprint density at radius 2 is 1.72 bits per heavy atom. The van der Waals surface area contributed by atoms with Crippen molar-refractivity contribution >= 4 is 11.6 Å². The molecule has 1 saturated carbocycles. The van der Waals surface area contributed by atoms with Gasteiger partial charge in [0.25, 0.3) is 0 Å². The topological polar surface area (TPSA) is 60.8 Å². The van der Waals surface area contributed by atoms with Gasteiger partial charge in [-0.3, -0.25) is 0 Å². The van der Waals surface area contributed by atoms with Crippen molar-refractivity contribution < 1.29 is 9.13 Å². The van der Waals surface area contributed by atoms with Crippen molar-refractivity contribution in [3.63, 3.8) is 0 Å². The van der Waals surface area contributed by atoms with Gasteiger partial charge in [-0.25, -0.2) is 24.3 Å². The number of aromatic nitrogens is 4. The maximum Gasteiger partial charge on any atom is 0.197 e. The lowest BCUT2D eigenvalue weighted by molar-refractivity contribution is 0.384. The third-order valence-corrected chi connectivity index (χ3v) is 4.64. The fourth-order valence-corrected chi connectivity index (χ4v) is 3.21. The van der Waals surface area contributed by atoms with Crippen LogP contribution in [0.25, 0.3) is 11.6 Å². The van der Waals surface area contributed by atoms with Gasteiger partial charge in [0.05, 0.1) is 12.1 Å². The van der Waals surface area contributed by atoms with Gasteiger partial charge in [0.15, 0.2) is 23.2 Å². The number of nitrogens with zero attached hydrogens (tertiary/aromatic N) is 4. The van der Waals surface area contributed by atoms with Crippen LogP contribution in [0.3, 0.4) is 0 Å². The SMILES string of the molecule is COc1c(Cl)ccc([C@H]2C[C@H]2c2cnc(-c3ncccn3)nc2)c1F. The van der Waals surface area contributed by atoms with Crippen LogP contribution in [0.15, 0.2) is 43.0 Å². The van der Waals surface area contributed by atoms with Crippen molar-refractivity contribution in [2.75, 3.05) is 7.11 Å². The predicted octanol–water partition coefficient (Wildman–Crippen LogP) is 4.01. The number of methoxy groups -OCH3 is 1. The molecule has 2 aromatic heterocycles. The molecule has 0 aliphatic heterocycles. The minimum atomic E-state index is -0.391. The molecule has 2 heterocycles. The summed E-state index contributed by atoms with van der Waals surface area (Å²) in [6, 6.07) is 5.13. The van der Waals surface area contributed by atoms with Crippen LogP contribution >= 0.6 is 11.6 Å². The summed E-state index contributed by atoms with van der Waals surface area (Å²) in [4.78, 5) is 16.9. The minimum absolute atomic E-state index is 0.0774. The van der Waals surface area contributed by atoms with Crippen LogP contribution < -0.4 is 4.74 Å². The number of hydrogen-bond donors (Lipinski definition) is 0. The zero-order valence-electron chi connectivity index (χ0n) is 13.4. The van der Waals surface area contributed by atoms with E-state index in [1.807, 2.05) is 0 Å². The van der Waals surface area contributed by atoms with E-state index in [0.29, 0.717) is 17.2 Å². The van der Waals surface area contributed by atoms with Gasteiger partial charge < -0.3 is 4.74 Å². The quantitative estimate of drug-likeness (QED) is 0.707. The molecule has 0 bridgehead atoms. The Balaban J connectivity index is 1.56. The van der Waals surface area contributed by atoms with Crippen molar-refractivity contribution in [3.05, 3.63) is 65.0 Å². The molecule has 1 aromatic carbocycles. The first-order chi connectivity index (χ1) is 12.2. The molecule has 5 nitrogen and oxygen atoms in total. The summed E-state index contributed by atoms with van der Waals surface area (Å²) in [6.07, 6.45) is 7.65. The smallest absolute Gasteiger partial charge is 0.197 e. The minimum Gasteiger partial charge on any atom is -0.492 e. The molecule has 3 aromatic rings. The van der Waals surface area contributed by atoms with Crippen molar-refractivity contribution in [1.82, 2.24) is 19.9 Å². The van der Waals surface area contributed by atoms with E-state index in [4.69, 9.17) is 16.3 Å². The van der Waals surface area contributed by atoms with Gasteiger partial charge >= 0.3 is 0 Å². The standard InChI is InChI=1S/C18H14ClFN4O/c1-25-16-14(19)4-3-11(15(16)20)13-7-12(13)10-8-23-18(24-9-10)17-21-5-2-6-22-17/h2-6,8-9,12-13H,7H2,1H3/t12-,13+/m0/s1. The summed E-state index contributed by atoms with van der Waals surface area (Å²) in [7, 11) is 1.41. The highest BCUT2D eigenvalue weighted by molar-refractivity contribution is 6.32. The predicted molar refractivity (Wildman–Crippen MR) is 91.1 cm³/mol. The van der Waals surface area contributed by atoms with E-state index in [1.165, 1.54) is 7.11 Å². The van der Waals surface area contributed by atoms with Gasteiger partial charge in [0.2, 0.25) is 0 Å². The van der Waals surface area contributed by atoms with Crippen molar-refractivity contribution in [1.29, 1.82) is 0 Å². The maximum absolute atomic E-state index is 14.5. The van der Waals surface area contributed by atoms with E-state index in [1.54, 1.807) is 43.0 Å². The van der Waals surface area contributed by atoms with Gasteiger partial charge in [-0.05, 0) is 41.5 Å². The van der Waals surface area contributed by atoms with Gasteiger partial charge in [0, 0.05) is 24.8 Å². The summed E-state index contributed by atoms with van der Waals surface area (Å²) in [5.74, 6) is 0.922. The van der Waals surface area contributed by atoms with Crippen molar-refractivity contribution in [3.8, 4) is 17.4 Å². The highest BCUT2D eigenvalue weighted by atomic mass is 35.5. The molecule has 0 saturated heterocycles. The summed E-state index contributed by atoms with van der Waals surface area (Å²) in [5, 5.41) is 0.275. The molecule has 1 aliphatic carbocycles. The van der Waals surface area contributed by atoms with Crippen LogP contribution in [0.5, 0.6) is 5.75 Å². The van der Waals surface area contributed by atoms with Gasteiger partial charge in [-0.2, -0.15) is 0 Å². The Hall–Kier alpha value is -2.60. The number of halogens is 2. The van der Waals surface area contributed by atoms with Gasteiger partial charge in [0.1, 0.15) is 0 Å². The lowest BCUT2D eigenvalue weighted by atomic mass is 10.1. The molecule has 2 atom stereocenters. The molecule has 0 radical (unpaired) electrons. The number of rotatable bonds is 4. The van der Waals surface area contributed by atoms with Gasteiger partial charge in [-0.1, -0.05) is 17.7 Å². The zero-order valence-corrected chi connectivity index (χ0v) is 14.1. The fourth-order valence-electron chi connectivity index (χ4n) is 2.99. The first-order valence-electron chi connectivity index (χ1n) is 7.80. The first-order valence-corrected chi connectivity index (χ1v) is 8.18. The summed E-state index contributed by atoms with van der Waals surface area (Å²) >= 11 is 5.96. The third kappa shape index (κ3) is 2.93. The second kappa shape index (κ2) is 6.37. The molecule has 0 N–H and O–H groups in total. The fraction of sp³-hybridized carbons (Fsp3) is 0.222. The van der Waals surface area contributed by atoms with Crippen molar-refractivity contribution in [2.24, 2.45) is 0 Å². The number of ether oxygens (including phenoxy) is 1. The normalized spacial score (nSPS) is 18.8. The maximum atomic E-state index is 14.5. The summed E-state index contributed by atoms with van der Waals surface area (Å²) in [5.41, 5.74) is 1.58. The Morgan fingerprint density at radius 1 is 1.04 bits per heavy atom. The molecule has 7 heteroatoms. The molecule has 0 unspecified atom stereocenters. The van der Waals surface area contributed by atoms with E-state index < -0.39 is 5.82 Å². The zero-order chi connectivity index (χ0) is 17.4. The second-order valence-electron chi connectivity index (χ2n) is 5.84. The lowest BCUT2D eigenvalue weighted by Crippen LogP contribution is -1.97. The Bertz CT molecular complexity index is 905. The van der Waals surface area contributed by atoms with E-state index in [0.717, 1.165) is 12.0 Å². The molecule has 1 fully saturated rings. The Morgan fingerprint density at radius 3 is 2.40 bits per heavy atom. The number of hydrogen-bond acceptors (Lipinski definition) is 5. The summed E-state index contributed by atoms with van der Waals surface area (Å²) < 4.78 is 19.6. The second-order valence-corrected chi connectivity index (χ2v) is 6.25.